The van der Waals surface area contributed by atoms with Crippen LogP contribution in [-0.4, -0.2) is 74.5 Å². The minimum Gasteiger partial charge on any atom is -0.384 e. The van der Waals surface area contributed by atoms with Crippen LogP contribution in [0.2, 0.25) is 0 Å². The fraction of sp³-hybridized carbons (Fsp3) is 0.333. The molecule has 11 heteroatoms. The predicted octanol–water partition coefficient (Wildman–Crippen LogP) is 3.58. The second kappa shape index (κ2) is 12.3. The summed E-state index contributed by atoms with van der Waals surface area (Å²) in [5.74, 6) is 0.344. The van der Waals surface area contributed by atoms with E-state index in [0.29, 0.717) is 17.9 Å². The first-order valence-corrected chi connectivity index (χ1v) is 15.1. The van der Waals surface area contributed by atoms with Crippen molar-refractivity contribution in [1.82, 2.24) is 20.3 Å². The average Bonchev–Trinajstić information content (AvgIpc) is 2.98. The minimum absolute atomic E-state index is 0.0796. The van der Waals surface area contributed by atoms with Crippen LogP contribution in [0.25, 0.3) is 22.3 Å². The number of morpholine rings is 1. The lowest BCUT2D eigenvalue weighted by atomic mass is 10.1. The summed E-state index contributed by atoms with van der Waals surface area (Å²) in [5.41, 5.74) is 3.70. The van der Waals surface area contributed by atoms with Crippen molar-refractivity contribution in [1.29, 1.82) is 0 Å². The van der Waals surface area contributed by atoms with E-state index >= 15 is 0 Å². The van der Waals surface area contributed by atoms with Crippen LogP contribution in [-0.2, 0) is 25.9 Å². The van der Waals surface area contributed by atoms with Gasteiger partial charge in [0.05, 0.1) is 59.1 Å². The summed E-state index contributed by atoms with van der Waals surface area (Å²) in [5, 5.41) is 3.71. The van der Waals surface area contributed by atoms with E-state index in [2.05, 4.69) is 22.1 Å². The second-order valence-electron chi connectivity index (χ2n) is 10.0. The molecule has 3 aromatic heterocycles. The van der Waals surface area contributed by atoms with E-state index in [4.69, 9.17) is 19.4 Å². The van der Waals surface area contributed by atoms with Crippen LogP contribution < -0.4 is 10.2 Å². The van der Waals surface area contributed by atoms with Gasteiger partial charge in [-0.15, -0.1) is 0 Å². The molecule has 0 radical (unpaired) electrons. The number of carbonyl (C=O) groups is 1. The van der Waals surface area contributed by atoms with Gasteiger partial charge in [0.1, 0.15) is 5.82 Å². The smallest absolute Gasteiger partial charge is 0.251 e. The highest BCUT2D eigenvalue weighted by molar-refractivity contribution is 7.91. The van der Waals surface area contributed by atoms with E-state index in [1.807, 2.05) is 36.4 Å². The lowest BCUT2D eigenvalue weighted by Crippen LogP contribution is -2.41. The number of sulfone groups is 1. The Bertz CT molecular complexity index is 1680. The van der Waals surface area contributed by atoms with Crippen molar-refractivity contribution in [2.24, 2.45) is 0 Å². The topological polar surface area (TPSA) is 124 Å². The molecule has 10 nitrogen and oxygen atoms in total. The number of aryl methyl sites for hydroxylation is 1. The molecule has 4 aromatic rings. The summed E-state index contributed by atoms with van der Waals surface area (Å²) < 4.78 is 36.0. The molecule has 1 saturated heterocycles. The fourth-order valence-electron chi connectivity index (χ4n) is 4.72. The van der Waals surface area contributed by atoms with E-state index in [9.17, 15) is 13.2 Å². The summed E-state index contributed by atoms with van der Waals surface area (Å²) >= 11 is 0. The maximum Gasteiger partial charge on any atom is 0.251 e. The Balaban J connectivity index is 1.32. The standard InChI is InChI=1S/C30H33N5O5S/c1-20-7-8-22(15-28(20)41(37,38)14-13-39-3)30(36)32-18-24-16-27-23(17-31-24)9-10-26(33-27)25-5-4-6-29(34-25)35-11-12-40-21(2)19-35/h4-10,15-17,21H,11-14,18-19H2,1-3H3,(H,32,36)/t21-/m0/s1. The Kier molecular flexibility index (Phi) is 8.57. The zero-order valence-electron chi connectivity index (χ0n) is 23.3. The summed E-state index contributed by atoms with van der Waals surface area (Å²) in [6.07, 6.45) is 1.88. The van der Waals surface area contributed by atoms with Crippen LogP contribution in [0.3, 0.4) is 0 Å². The van der Waals surface area contributed by atoms with E-state index in [1.165, 1.54) is 13.2 Å². The van der Waals surface area contributed by atoms with Crippen molar-refractivity contribution in [3.63, 3.8) is 0 Å². The second-order valence-corrected chi connectivity index (χ2v) is 12.1. The number of carbonyl (C=O) groups excluding carboxylic acids is 1. The average molecular weight is 576 g/mol. The van der Waals surface area contributed by atoms with Gasteiger partial charge in [0.2, 0.25) is 0 Å². The highest BCUT2D eigenvalue weighted by atomic mass is 32.2. The van der Waals surface area contributed by atoms with Gasteiger partial charge in [-0.3, -0.25) is 9.78 Å². The number of methoxy groups -OCH3 is 1. The zero-order chi connectivity index (χ0) is 29.0. The van der Waals surface area contributed by atoms with Crippen LogP contribution in [0.15, 0.2) is 65.7 Å². The first-order chi connectivity index (χ1) is 19.7. The number of ether oxygens (including phenoxy) is 2. The zero-order valence-corrected chi connectivity index (χ0v) is 24.1. The molecule has 0 saturated carbocycles. The molecule has 1 amide bonds. The number of nitrogens with one attached hydrogen (secondary N) is 1. The molecule has 1 atom stereocenters. The number of aromatic nitrogens is 3. The molecule has 1 aliphatic heterocycles. The number of fused-ring (bicyclic) bond motifs is 1. The van der Waals surface area contributed by atoms with Crippen LogP contribution in [0, 0.1) is 6.92 Å². The van der Waals surface area contributed by atoms with Gasteiger partial charge >= 0.3 is 0 Å². The summed E-state index contributed by atoms with van der Waals surface area (Å²) in [6, 6.07) is 16.3. The molecule has 1 aromatic carbocycles. The monoisotopic (exact) mass is 575 g/mol. The van der Waals surface area contributed by atoms with Crippen LogP contribution >= 0.6 is 0 Å². The highest BCUT2D eigenvalue weighted by Gasteiger charge is 2.20. The van der Waals surface area contributed by atoms with E-state index < -0.39 is 15.7 Å². The number of benzene rings is 1. The number of amides is 1. The van der Waals surface area contributed by atoms with Crippen molar-refractivity contribution in [3.05, 3.63) is 77.6 Å². The predicted molar refractivity (Wildman–Crippen MR) is 157 cm³/mol. The molecule has 214 valence electrons. The van der Waals surface area contributed by atoms with Gasteiger partial charge in [0, 0.05) is 37.3 Å². The van der Waals surface area contributed by atoms with Crippen molar-refractivity contribution < 1.29 is 22.7 Å². The Hall–Kier alpha value is -3.93. The molecular weight excluding hydrogens is 542 g/mol. The Labute approximate surface area is 239 Å². The summed E-state index contributed by atoms with van der Waals surface area (Å²) in [4.78, 5) is 29.4. The van der Waals surface area contributed by atoms with Gasteiger partial charge in [-0.2, -0.15) is 0 Å². The van der Waals surface area contributed by atoms with Gasteiger partial charge in [-0.1, -0.05) is 12.1 Å². The molecule has 0 aliphatic carbocycles. The van der Waals surface area contributed by atoms with E-state index in [0.717, 1.165) is 41.2 Å². The molecule has 1 fully saturated rings. The van der Waals surface area contributed by atoms with E-state index in [1.54, 1.807) is 25.3 Å². The number of nitrogens with zero attached hydrogens (tertiary/aromatic N) is 4. The summed E-state index contributed by atoms with van der Waals surface area (Å²) in [6.45, 7) is 6.25. The molecule has 0 spiro atoms. The SMILES string of the molecule is COCCS(=O)(=O)c1cc(C(=O)NCc2cc3nc(-c4cccc(N5CCO[C@@H](C)C5)n4)ccc3cn2)ccc1C. The number of hydrogen-bond acceptors (Lipinski definition) is 9. The Morgan fingerprint density at radius 2 is 1.95 bits per heavy atom. The maximum absolute atomic E-state index is 12.9. The van der Waals surface area contributed by atoms with Crippen molar-refractivity contribution in [3.8, 4) is 11.4 Å². The first-order valence-electron chi connectivity index (χ1n) is 13.4. The van der Waals surface area contributed by atoms with Gasteiger partial charge in [0.15, 0.2) is 9.84 Å². The molecule has 5 rings (SSSR count). The van der Waals surface area contributed by atoms with Crippen LogP contribution in [0.1, 0.15) is 28.5 Å². The maximum atomic E-state index is 12.9. The van der Waals surface area contributed by atoms with Gasteiger partial charge < -0.3 is 19.7 Å². The Morgan fingerprint density at radius 3 is 2.76 bits per heavy atom. The number of pyridine rings is 3. The van der Waals surface area contributed by atoms with Crippen molar-refractivity contribution >= 4 is 32.5 Å². The fourth-order valence-corrected chi connectivity index (χ4v) is 6.19. The first kappa shape index (κ1) is 28.6. The molecule has 41 heavy (non-hydrogen) atoms. The molecule has 0 unspecified atom stereocenters. The van der Waals surface area contributed by atoms with Crippen LogP contribution in [0.5, 0.6) is 0 Å². The van der Waals surface area contributed by atoms with E-state index in [-0.39, 0.29) is 35.5 Å². The molecular formula is C30H33N5O5S. The van der Waals surface area contributed by atoms with Gasteiger partial charge in [-0.25, -0.2) is 18.4 Å². The number of rotatable bonds is 9. The molecule has 1 N–H and O–H groups in total. The lowest BCUT2D eigenvalue weighted by Gasteiger charge is -2.32. The van der Waals surface area contributed by atoms with Gasteiger partial charge in [0.25, 0.3) is 5.91 Å². The number of hydrogen-bond donors (Lipinski definition) is 1. The largest absolute Gasteiger partial charge is 0.384 e. The van der Waals surface area contributed by atoms with Crippen molar-refractivity contribution in [2.45, 2.75) is 31.4 Å². The Morgan fingerprint density at radius 1 is 1.12 bits per heavy atom. The minimum atomic E-state index is -3.58. The third-order valence-corrected chi connectivity index (χ3v) is 8.78. The van der Waals surface area contributed by atoms with Crippen LogP contribution in [0.4, 0.5) is 5.82 Å². The third-order valence-electron chi connectivity index (χ3n) is 6.96. The van der Waals surface area contributed by atoms with Gasteiger partial charge in [-0.05, 0) is 61.9 Å². The molecule has 1 aliphatic rings. The normalized spacial score (nSPS) is 15.7. The molecule has 0 bridgehead atoms. The lowest BCUT2D eigenvalue weighted by molar-refractivity contribution is 0.0529. The third kappa shape index (κ3) is 6.70. The molecule has 4 heterocycles. The number of anilines is 1. The highest BCUT2D eigenvalue weighted by Crippen LogP contribution is 2.24. The summed E-state index contributed by atoms with van der Waals surface area (Å²) in [7, 11) is -2.13. The quantitative estimate of drug-likeness (QED) is 0.319. The van der Waals surface area contributed by atoms with Crippen molar-refractivity contribution in [2.75, 3.05) is 44.1 Å².